The number of rotatable bonds is 16. The van der Waals surface area contributed by atoms with Gasteiger partial charge in [0.2, 0.25) is 6.29 Å². The zero-order valence-electron chi connectivity index (χ0n) is 29.5. The maximum atomic E-state index is 13.4. The van der Waals surface area contributed by atoms with E-state index in [9.17, 15) is 38.3 Å². The van der Waals surface area contributed by atoms with Crippen LogP contribution in [0.25, 0.3) is 11.1 Å². The molecule has 54 heavy (non-hydrogen) atoms. The second-order valence-corrected chi connectivity index (χ2v) is 16.2. The first-order chi connectivity index (χ1) is 25.3. The van der Waals surface area contributed by atoms with Gasteiger partial charge in [0, 0.05) is 40.4 Å². The lowest BCUT2D eigenvalue weighted by Crippen LogP contribution is -2.64. The van der Waals surface area contributed by atoms with Gasteiger partial charge in [-0.1, -0.05) is 12.2 Å². The number of aromatic nitrogens is 2. The summed E-state index contributed by atoms with van der Waals surface area (Å²) >= 11 is 3.81. The summed E-state index contributed by atoms with van der Waals surface area (Å²) in [6, 6.07) is -0.645. The number of likely N-dealkylation sites (N-methyl/N-ethyl adjacent to an activating group) is 1. The van der Waals surface area contributed by atoms with Crippen molar-refractivity contribution >= 4 is 67.7 Å². The molecule has 7 unspecified atom stereocenters. The molecule has 2 aliphatic heterocycles. The van der Waals surface area contributed by atoms with E-state index in [-0.39, 0.29) is 11.4 Å². The molecular weight excluding hydrogens is 790 g/mol. The van der Waals surface area contributed by atoms with Crippen molar-refractivity contribution in [2.45, 2.75) is 88.9 Å². The van der Waals surface area contributed by atoms with Gasteiger partial charge in [0.1, 0.15) is 49.0 Å². The van der Waals surface area contributed by atoms with E-state index < -0.39 is 113 Å². The highest BCUT2D eigenvalue weighted by Gasteiger charge is 2.56. The summed E-state index contributed by atoms with van der Waals surface area (Å²) in [6.07, 6.45) is -11.5. The fraction of sp³-hybridized carbons (Fsp3) is 0.643. The van der Waals surface area contributed by atoms with Crippen molar-refractivity contribution in [3.63, 3.8) is 0 Å². The van der Waals surface area contributed by atoms with Crippen LogP contribution in [-0.2, 0) is 74.8 Å². The average molecular weight is 831 g/mol. The smallest absolute Gasteiger partial charge is 0.462 e. The molecule has 23 nitrogen and oxygen atoms in total. The van der Waals surface area contributed by atoms with Gasteiger partial charge in [-0.05, 0) is 7.05 Å². The van der Waals surface area contributed by atoms with E-state index in [4.69, 9.17) is 56.7 Å². The first-order valence-corrected chi connectivity index (χ1v) is 20.0. The minimum absolute atomic E-state index is 0.0877. The largest absolute Gasteiger partial charge is 0.482 e. The number of fused-ring (bicyclic) bond motifs is 1. The SMILES string of the molecule is CN[C@H]1[C@@H](OC)[C@H](c2coc3c(N)ncnc23)O[C@@H]1COP(=O)(S)OP(=O)(O)OC1OC([C@H](COC(C)=O)OC(C)=O)C(O)C(OC(C)=O)C1OC(C)=O. The molecule has 0 spiro atoms. The Balaban J connectivity index is 1.54. The number of carbonyl (C=O) groups is 4. The van der Waals surface area contributed by atoms with Gasteiger partial charge in [-0.2, -0.15) is 4.31 Å². The molecule has 2 aliphatic rings. The maximum Gasteiger partial charge on any atom is 0.482 e. The number of nitrogen functional groups attached to an aromatic ring is 1. The molecule has 302 valence electrons. The van der Waals surface area contributed by atoms with Crippen LogP contribution < -0.4 is 11.1 Å². The number of esters is 4. The molecule has 2 fully saturated rings. The van der Waals surface area contributed by atoms with Gasteiger partial charge in [-0.15, -0.1) is 0 Å². The van der Waals surface area contributed by atoms with Gasteiger partial charge in [0.05, 0.1) is 18.9 Å². The molecular formula is C28H40N4O19P2S. The fourth-order valence-corrected chi connectivity index (χ4v) is 9.00. The van der Waals surface area contributed by atoms with Crippen LogP contribution in [0.1, 0.15) is 39.4 Å². The predicted octanol–water partition coefficient (Wildman–Crippen LogP) is 0.480. The highest BCUT2D eigenvalue weighted by atomic mass is 32.7. The Kier molecular flexibility index (Phi) is 14.6. The molecule has 0 aliphatic carbocycles. The summed E-state index contributed by atoms with van der Waals surface area (Å²) < 4.78 is 85.2. The predicted molar refractivity (Wildman–Crippen MR) is 180 cm³/mol. The van der Waals surface area contributed by atoms with E-state index in [1.54, 1.807) is 7.05 Å². The number of hydrogen-bond acceptors (Lipinski definition) is 22. The number of nitrogens with zero attached hydrogens (tertiary/aromatic N) is 2. The Morgan fingerprint density at radius 2 is 1.69 bits per heavy atom. The van der Waals surface area contributed by atoms with E-state index in [2.05, 4.69) is 27.5 Å². The minimum Gasteiger partial charge on any atom is -0.462 e. The van der Waals surface area contributed by atoms with Crippen molar-refractivity contribution in [3.05, 3.63) is 18.2 Å². The number of phosphoric acid groups is 1. The van der Waals surface area contributed by atoms with Crippen molar-refractivity contribution in [2.75, 3.05) is 33.1 Å². The van der Waals surface area contributed by atoms with Gasteiger partial charge in [0.15, 0.2) is 29.7 Å². The number of carbonyl (C=O) groups excluding carboxylic acids is 4. The van der Waals surface area contributed by atoms with Crippen molar-refractivity contribution in [3.8, 4) is 0 Å². The Hall–Kier alpha value is -3.25. The lowest BCUT2D eigenvalue weighted by molar-refractivity contribution is -0.299. The monoisotopic (exact) mass is 830 g/mol. The first-order valence-electron chi connectivity index (χ1n) is 15.8. The third-order valence-corrected chi connectivity index (χ3v) is 11.4. The number of aliphatic hydroxyl groups is 1. The molecule has 4 heterocycles. The molecule has 26 heteroatoms. The number of thiol groups is 1. The van der Waals surface area contributed by atoms with Crippen LogP contribution in [0.4, 0.5) is 5.82 Å². The number of nitrogens with one attached hydrogen (secondary N) is 1. The Morgan fingerprint density at radius 1 is 1.02 bits per heavy atom. The topological polar surface area (TPSA) is 312 Å². The maximum absolute atomic E-state index is 13.4. The summed E-state index contributed by atoms with van der Waals surface area (Å²) in [5.41, 5.74) is 6.89. The van der Waals surface area contributed by atoms with Gasteiger partial charge in [-0.3, -0.25) is 28.2 Å². The number of anilines is 1. The number of nitrogens with two attached hydrogens (primary N) is 1. The zero-order valence-corrected chi connectivity index (χ0v) is 32.2. The summed E-state index contributed by atoms with van der Waals surface area (Å²) in [4.78, 5) is 66.3. The third-order valence-electron chi connectivity index (χ3n) is 7.84. The Morgan fingerprint density at radius 3 is 2.28 bits per heavy atom. The number of hydrogen-bond donors (Lipinski definition) is 5. The van der Waals surface area contributed by atoms with Gasteiger partial charge in [0.25, 0.3) is 0 Å². The molecule has 2 saturated heterocycles. The summed E-state index contributed by atoms with van der Waals surface area (Å²) in [7, 11) is -2.65. The number of furan rings is 1. The Labute approximate surface area is 312 Å². The molecule has 0 amide bonds. The van der Waals surface area contributed by atoms with Crippen LogP contribution in [0.2, 0.25) is 0 Å². The quantitative estimate of drug-likeness (QED) is 0.0665. The molecule has 5 N–H and O–H groups in total. The number of methoxy groups -OCH3 is 1. The molecule has 4 rings (SSSR count). The fourth-order valence-electron chi connectivity index (χ4n) is 5.82. The highest BCUT2D eigenvalue weighted by molar-refractivity contribution is 8.45. The standard InChI is InChI=1S/C28H40N4O19P2S/c1-11(33)42-8-17(45-12(2)34)22-20(37)25(46-13(3)35)26(47-14(4)36)28(49-22)50-52(38,39)51-53(40,54)44-9-16-19(30-5)23(41-6)21(48-16)15-7-43-24-18(15)31-10-32-27(24)29/h7,10,16-17,19-23,25-26,28,30,37H,8-9H2,1-6H3,(H,38,39)(H,40,54)(H2,29,31,32)/t16-,17+,19-,20?,21+,22?,23-,25?,26?,28?,53?/m1/s1. The molecule has 2 aromatic heterocycles. The van der Waals surface area contributed by atoms with E-state index in [0.29, 0.717) is 11.1 Å². The molecule has 0 bridgehead atoms. The average Bonchev–Trinajstić information content (AvgIpc) is 3.65. The van der Waals surface area contributed by atoms with Crippen LogP contribution in [0.3, 0.4) is 0 Å². The molecule has 2 aromatic rings. The minimum atomic E-state index is -5.66. The van der Waals surface area contributed by atoms with Gasteiger partial charge in [-0.25, -0.2) is 19.1 Å². The lowest BCUT2D eigenvalue weighted by atomic mass is 9.95. The molecule has 12 atom stereocenters. The van der Waals surface area contributed by atoms with Gasteiger partial charge >= 0.3 is 38.5 Å². The highest BCUT2D eigenvalue weighted by Crippen LogP contribution is 2.66. The molecule has 0 radical (unpaired) electrons. The van der Waals surface area contributed by atoms with Crippen LogP contribution in [0.5, 0.6) is 0 Å². The van der Waals surface area contributed by atoms with E-state index in [1.807, 2.05) is 0 Å². The van der Waals surface area contributed by atoms with Crippen molar-refractivity contribution in [2.24, 2.45) is 0 Å². The zero-order chi connectivity index (χ0) is 40.1. The van der Waals surface area contributed by atoms with Crippen LogP contribution >= 0.6 is 26.9 Å². The second kappa shape index (κ2) is 18.1. The van der Waals surface area contributed by atoms with Crippen molar-refractivity contribution < 1.29 is 89.2 Å². The number of ether oxygens (including phenoxy) is 7. The van der Waals surface area contributed by atoms with Crippen molar-refractivity contribution in [1.82, 2.24) is 15.3 Å². The van der Waals surface area contributed by atoms with E-state index in [0.717, 1.165) is 27.7 Å². The first kappa shape index (κ1) is 43.5. The normalized spacial score (nSPS) is 29.8. The molecule has 0 aromatic carbocycles. The van der Waals surface area contributed by atoms with E-state index in [1.165, 1.54) is 19.7 Å². The number of phosphoric ester groups is 1. The summed E-state index contributed by atoms with van der Waals surface area (Å²) in [6.45, 7) is -2.32. The van der Waals surface area contributed by atoms with Crippen LogP contribution in [0.15, 0.2) is 17.0 Å². The summed E-state index contributed by atoms with van der Waals surface area (Å²) in [5, 5.41) is 14.2. The van der Waals surface area contributed by atoms with Crippen LogP contribution in [0, 0.1) is 0 Å². The third kappa shape index (κ3) is 10.7. The second-order valence-electron chi connectivity index (χ2n) is 11.7. The Bertz CT molecular complexity index is 1780. The van der Waals surface area contributed by atoms with E-state index >= 15 is 0 Å². The van der Waals surface area contributed by atoms with Crippen LogP contribution in [-0.4, -0.2) is 126 Å². The molecule has 0 saturated carbocycles. The summed E-state index contributed by atoms with van der Waals surface area (Å²) in [5.74, 6) is -3.77. The number of aliphatic hydroxyl groups excluding tert-OH is 1. The lowest BCUT2D eigenvalue weighted by Gasteiger charge is -2.44. The van der Waals surface area contributed by atoms with Gasteiger partial charge < -0.3 is 58.6 Å². The van der Waals surface area contributed by atoms with Crippen molar-refractivity contribution in [1.29, 1.82) is 0 Å².